The number of ether oxygens (including phenoxy) is 2. The molecule has 0 aliphatic carbocycles. The van der Waals surface area contributed by atoms with Crippen LogP contribution in [0.5, 0.6) is 11.5 Å². The first-order chi connectivity index (χ1) is 13.3. The van der Waals surface area contributed by atoms with Crippen LogP contribution in [0.25, 0.3) is 22.4 Å². The summed E-state index contributed by atoms with van der Waals surface area (Å²) in [7, 11) is 0. The summed E-state index contributed by atoms with van der Waals surface area (Å²) < 4.78 is 18.1. The lowest BCUT2D eigenvalue weighted by atomic mass is 10.2. The van der Waals surface area contributed by atoms with E-state index in [1.54, 1.807) is 0 Å². The van der Waals surface area contributed by atoms with Crippen LogP contribution in [0.3, 0.4) is 0 Å². The normalized spacial score (nSPS) is 13.2. The Balaban J connectivity index is 1.36. The Hall–Kier alpha value is -2.45. The highest BCUT2D eigenvalue weighted by Gasteiger charge is 2.17. The number of para-hydroxylation sites is 1. The third-order valence-corrected chi connectivity index (χ3v) is 5.89. The van der Waals surface area contributed by atoms with Gasteiger partial charge >= 0.3 is 0 Å². The monoisotopic (exact) mass is 443 g/mol. The average Bonchev–Trinajstić information content (AvgIpc) is 3.33. The molecule has 1 N–H and O–H groups in total. The van der Waals surface area contributed by atoms with Crippen LogP contribution in [0.15, 0.2) is 56.7 Å². The van der Waals surface area contributed by atoms with Crippen LogP contribution in [0, 0.1) is 0 Å². The van der Waals surface area contributed by atoms with E-state index in [4.69, 9.17) is 13.9 Å². The van der Waals surface area contributed by atoms with Crippen molar-refractivity contribution in [3.8, 4) is 23.0 Å². The van der Waals surface area contributed by atoms with Crippen molar-refractivity contribution in [2.75, 3.05) is 13.2 Å². The van der Waals surface area contributed by atoms with E-state index < -0.39 is 0 Å². The molecule has 136 valence electrons. The molecule has 2 aromatic heterocycles. The second kappa shape index (κ2) is 6.94. The zero-order valence-electron chi connectivity index (χ0n) is 14.1. The van der Waals surface area contributed by atoms with Gasteiger partial charge in [0.25, 0.3) is 11.1 Å². The Morgan fingerprint density at radius 3 is 2.78 bits per heavy atom. The maximum Gasteiger partial charge on any atom is 0.277 e. The smallest absolute Gasteiger partial charge is 0.277 e. The van der Waals surface area contributed by atoms with E-state index in [1.165, 1.54) is 11.8 Å². The van der Waals surface area contributed by atoms with Crippen LogP contribution >= 0.6 is 27.7 Å². The molecule has 0 radical (unpaired) electrons. The first-order valence-electron chi connectivity index (χ1n) is 8.39. The third-order valence-electron chi connectivity index (χ3n) is 4.29. The summed E-state index contributed by atoms with van der Waals surface area (Å²) in [5.41, 5.74) is 3.03. The van der Waals surface area contributed by atoms with Gasteiger partial charge in [-0.25, -0.2) is 0 Å². The van der Waals surface area contributed by atoms with Gasteiger partial charge in [0.05, 0.1) is 5.56 Å². The van der Waals surface area contributed by atoms with Gasteiger partial charge in [-0.1, -0.05) is 45.9 Å². The molecule has 0 amide bonds. The molecule has 8 heteroatoms. The van der Waals surface area contributed by atoms with Crippen molar-refractivity contribution < 1.29 is 13.9 Å². The summed E-state index contributed by atoms with van der Waals surface area (Å²) in [4.78, 5) is 3.22. The lowest BCUT2D eigenvalue weighted by Crippen LogP contribution is -2.15. The molecule has 0 fully saturated rings. The van der Waals surface area contributed by atoms with Gasteiger partial charge in [-0.2, -0.15) is 0 Å². The molecule has 0 saturated carbocycles. The highest BCUT2D eigenvalue weighted by molar-refractivity contribution is 9.10. The van der Waals surface area contributed by atoms with Gasteiger partial charge in [0.15, 0.2) is 11.5 Å². The lowest BCUT2D eigenvalue weighted by molar-refractivity contribution is 0.171. The molecule has 0 saturated heterocycles. The SMILES string of the molecule is Brc1cc2c(cc1CSc1nnc(-c3c[nH]c4ccccc34)o1)OCCO2. The molecule has 1 aliphatic heterocycles. The molecule has 3 heterocycles. The Labute approximate surface area is 167 Å². The Kier molecular flexibility index (Phi) is 4.29. The molecule has 5 rings (SSSR count). The minimum absolute atomic E-state index is 0.510. The number of fused-ring (bicyclic) bond motifs is 2. The Morgan fingerprint density at radius 1 is 1.07 bits per heavy atom. The standard InChI is InChI=1S/C19H14BrN3O3S/c20-14-8-17-16(24-5-6-25-17)7-11(14)10-27-19-23-22-18(26-19)13-9-21-15-4-2-1-3-12(13)15/h1-4,7-9,21H,5-6,10H2. The zero-order valence-corrected chi connectivity index (χ0v) is 16.5. The van der Waals surface area contributed by atoms with Crippen LogP contribution in [0.1, 0.15) is 5.56 Å². The largest absolute Gasteiger partial charge is 0.486 e. The number of rotatable bonds is 4. The van der Waals surface area contributed by atoms with Gasteiger partial charge in [-0.3, -0.25) is 0 Å². The minimum Gasteiger partial charge on any atom is -0.486 e. The number of hydrogen-bond donors (Lipinski definition) is 1. The van der Waals surface area contributed by atoms with Gasteiger partial charge in [0.1, 0.15) is 13.2 Å². The number of aromatic amines is 1. The van der Waals surface area contributed by atoms with Crippen LogP contribution in [-0.2, 0) is 5.75 Å². The fraction of sp³-hybridized carbons (Fsp3) is 0.158. The summed E-state index contributed by atoms with van der Waals surface area (Å²) in [6.45, 7) is 1.14. The number of hydrogen-bond acceptors (Lipinski definition) is 6. The second-order valence-corrected chi connectivity index (χ2v) is 7.78. The third kappa shape index (κ3) is 3.19. The minimum atomic E-state index is 0.510. The van der Waals surface area contributed by atoms with Gasteiger partial charge < -0.3 is 18.9 Å². The molecule has 27 heavy (non-hydrogen) atoms. The van der Waals surface area contributed by atoms with E-state index in [0.717, 1.165) is 38.0 Å². The number of halogens is 1. The predicted molar refractivity (Wildman–Crippen MR) is 106 cm³/mol. The average molecular weight is 444 g/mol. The first-order valence-corrected chi connectivity index (χ1v) is 10.2. The highest BCUT2D eigenvalue weighted by Crippen LogP contribution is 2.38. The van der Waals surface area contributed by atoms with E-state index in [9.17, 15) is 0 Å². The van der Waals surface area contributed by atoms with Crippen LogP contribution in [0.4, 0.5) is 0 Å². The fourth-order valence-electron chi connectivity index (χ4n) is 2.98. The zero-order chi connectivity index (χ0) is 18.2. The maximum atomic E-state index is 5.86. The van der Waals surface area contributed by atoms with Gasteiger partial charge in [-0.15, -0.1) is 10.2 Å². The summed E-state index contributed by atoms with van der Waals surface area (Å²) in [6, 6.07) is 12.0. The van der Waals surface area contributed by atoms with Crippen molar-refractivity contribution >= 4 is 38.6 Å². The molecular formula is C19H14BrN3O3S. The van der Waals surface area contributed by atoms with Crippen molar-refractivity contribution in [1.82, 2.24) is 15.2 Å². The molecule has 0 spiro atoms. The van der Waals surface area contributed by atoms with Crippen LogP contribution < -0.4 is 9.47 Å². The molecule has 6 nitrogen and oxygen atoms in total. The summed E-state index contributed by atoms with van der Waals surface area (Å²) >= 11 is 5.08. The van der Waals surface area contributed by atoms with Gasteiger partial charge in [-0.05, 0) is 23.8 Å². The van der Waals surface area contributed by atoms with Crippen molar-refractivity contribution in [3.63, 3.8) is 0 Å². The molecule has 0 bridgehead atoms. The fourth-order valence-corrected chi connectivity index (χ4v) is 4.38. The topological polar surface area (TPSA) is 73.2 Å². The molecule has 4 aromatic rings. The highest BCUT2D eigenvalue weighted by atomic mass is 79.9. The predicted octanol–water partition coefficient (Wildman–Crippen LogP) is 5.04. The van der Waals surface area contributed by atoms with E-state index in [1.807, 2.05) is 42.6 Å². The van der Waals surface area contributed by atoms with Crippen molar-refractivity contribution in [2.45, 2.75) is 11.0 Å². The van der Waals surface area contributed by atoms with Crippen molar-refractivity contribution in [3.05, 3.63) is 52.6 Å². The molecule has 0 atom stereocenters. The van der Waals surface area contributed by atoms with Gasteiger partial charge in [0.2, 0.25) is 0 Å². The lowest BCUT2D eigenvalue weighted by Gasteiger charge is -2.19. The molecular weight excluding hydrogens is 430 g/mol. The van der Waals surface area contributed by atoms with E-state index in [0.29, 0.717) is 30.1 Å². The number of aromatic nitrogens is 3. The van der Waals surface area contributed by atoms with Gasteiger partial charge in [0, 0.05) is 27.3 Å². The number of thioether (sulfide) groups is 1. The molecule has 0 unspecified atom stereocenters. The first kappa shape index (κ1) is 16.7. The number of benzene rings is 2. The number of nitrogens with one attached hydrogen (secondary N) is 1. The van der Waals surface area contributed by atoms with Crippen molar-refractivity contribution in [1.29, 1.82) is 0 Å². The second-order valence-electron chi connectivity index (χ2n) is 6.00. The van der Waals surface area contributed by atoms with E-state index in [2.05, 4.69) is 31.1 Å². The van der Waals surface area contributed by atoms with Crippen LogP contribution in [0.2, 0.25) is 0 Å². The molecule has 2 aromatic carbocycles. The number of nitrogens with zero attached hydrogens (tertiary/aromatic N) is 2. The number of H-pyrrole nitrogens is 1. The quantitative estimate of drug-likeness (QED) is 0.445. The summed E-state index contributed by atoms with van der Waals surface area (Å²) in [6.07, 6.45) is 1.89. The summed E-state index contributed by atoms with van der Waals surface area (Å²) in [5, 5.41) is 9.96. The van der Waals surface area contributed by atoms with E-state index in [-0.39, 0.29) is 0 Å². The molecule has 1 aliphatic rings. The van der Waals surface area contributed by atoms with E-state index >= 15 is 0 Å². The maximum absolute atomic E-state index is 5.86. The van der Waals surface area contributed by atoms with Crippen molar-refractivity contribution in [2.24, 2.45) is 0 Å². The Morgan fingerprint density at radius 2 is 1.89 bits per heavy atom. The van der Waals surface area contributed by atoms with Crippen LogP contribution in [-0.4, -0.2) is 28.4 Å². The Bertz CT molecular complexity index is 1120. The summed E-state index contributed by atoms with van der Waals surface area (Å²) in [5.74, 6) is 2.72.